The van der Waals surface area contributed by atoms with Gasteiger partial charge in [0.05, 0.1) is 45.1 Å². The highest BCUT2D eigenvalue weighted by atomic mass is 35.5. The normalized spacial score (nSPS) is 10.8. The second-order valence-corrected chi connectivity index (χ2v) is 4.08. The van der Waals surface area contributed by atoms with Gasteiger partial charge in [0.25, 0.3) is 0 Å². The van der Waals surface area contributed by atoms with Crippen LogP contribution < -0.4 is 4.74 Å². The Kier molecular flexibility index (Phi) is 9.23. The van der Waals surface area contributed by atoms with Crippen molar-refractivity contribution >= 4 is 11.6 Å². The molecule has 0 bridgehead atoms. The van der Waals surface area contributed by atoms with Crippen LogP contribution in [0.1, 0.15) is 5.56 Å². The molecule has 1 heterocycles. The minimum atomic E-state index is -0.433. The first-order valence-electron chi connectivity index (χ1n) is 6.25. The second kappa shape index (κ2) is 10.8. The van der Waals surface area contributed by atoms with Crippen molar-refractivity contribution in [1.29, 1.82) is 0 Å². The first-order valence-corrected chi connectivity index (χ1v) is 6.79. The van der Waals surface area contributed by atoms with E-state index in [0.29, 0.717) is 51.1 Å². The van der Waals surface area contributed by atoms with Crippen LogP contribution in [-0.2, 0) is 20.1 Å². The first kappa shape index (κ1) is 17.1. The molecule has 0 fully saturated rings. The maximum Gasteiger partial charge on any atom is 0.218 e. The highest BCUT2D eigenvalue weighted by molar-refractivity contribution is 6.17. The van der Waals surface area contributed by atoms with E-state index < -0.39 is 5.82 Å². The number of ether oxygens (including phenoxy) is 4. The summed E-state index contributed by atoms with van der Waals surface area (Å²) in [7, 11) is 1.62. The topological polar surface area (TPSA) is 49.8 Å². The summed E-state index contributed by atoms with van der Waals surface area (Å²) < 4.78 is 33.7. The van der Waals surface area contributed by atoms with Gasteiger partial charge >= 0.3 is 0 Å². The maximum atomic E-state index is 12.9. The number of methoxy groups -OCH3 is 1. The fourth-order valence-corrected chi connectivity index (χ4v) is 1.55. The molecule has 0 aromatic carbocycles. The van der Waals surface area contributed by atoms with Crippen molar-refractivity contribution < 1.29 is 23.3 Å². The summed E-state index contributed by atoms with van der Waals surface area (Å²) in [6.45, 7) is 2.82. The van der Waals surface area contributed by atoms with Crippen LogP contribution in [0.25, 0.3) is 0 Å². The number of hydrogen-bond donors (Lipinski definition) is 0. The van der Waals surface area contributed by atoms with Crippen molar-refractivity contribution in [3.63, 3.8) is 0 Å². The van der Waals surface area contributed by atoms with Gasteiger partial charge in [0, 0.05) is 12.7 Å². The fourth-order valence-electron chi connectivity index (χ4n) is 1.36. The Morgan fingerprint density at radius 1 is 1.10 bits per heavy atom. The van der Waals surface area contributed by atoms with Crippen LogP contribution >= 0.6 is 11.6 Å². The Labute approximate surface area is 122 Å². The van der Waals surface area contributed by atoms with Gasteiger partial charge in [-0.2, -0.15) is 0 Å². The Hall–Kier alpha value is -0.950. The highest BCUT2D eigenvalue weighted by Gasteiger charge is 2.06. The number of hydrogen-bond acceptors (Lipinski definition) is 5. The Bertz CT molecular complexity index is 381. The van der Waals surface area contributed by atoms with Crippen LogP contribution in [0.3, 0.4) is 0 Å². The third-order valence-corrected chi connectivity index (χ3v) is 2.59. The molecular formula is C13H19ClFNO4. The number of pyridine rings is 1. The van der Waals surface area contributed by atoms with Gasteiger partial charge in [-0.1, -0.05) is 0 Å². The van der Waals surface area contributed by atoms with E-state index in [4.69, 9.17) is 30.5 Å². The predicted molar refractivity (Wildman–Crippen MR) is 72.8 cm³/mol. The summed E-state index contributed by atoms with van der Waals surface area (Å²) in [5.41, 5.74) is 0.523. The molecule has 7 heteroatoms. The molecule has 0 amide bonds. The number of nitrogens with zero attached hydrogens (tertiary/aromatic N) is 1. The molecule has 0 N–H and O–H groups in total. The van der Waals surface area contributed by atoms with Crippen molar-refractivity contribution in [3.8, 4) is 5.88 Å². The van der Waals surface area contributed by atoms with E-state index in [9.17, 15) is 4.39 Å². The molecule has 0 aliphatic carbocycles. The van der Waals surface area contributed by atoms with Crippen LogP contribution in [0.5, 0.6) is 5.88 Å². The Balaban J connectivity index is 2.09. The van der Waals surface area contributed by atoms with Crippen LogP contribution in [0, 0.1) is 5.82 Å². The second-order valence-electron chi connectivity index (χ2n) is 3.82. The standard InChI is InChI=1S/C13H19ClFNO4/c1-17-2-3-18-4-5-19-6-7-20-13-11(9-14)8-12(15)10-16-13/h8,10H,2-7,9H2,1H3. The zero-order valence-corrected chi connectivity index (χ0v) is 12.2. The number of rotatable bonds is 11. The molecule has 20 heavy (non-hydrogen) atoms. The van der Waals surface area contributed by atoms with Crippen LogP contribution in [0.4, 0.5) is 4.39 Å². The van der Waals surface area contributed by atoms with E-state index in [0.717, 1.165) is 6.20 Å². The average molecular weight is 308 g/mol. The van der Waals surface area contributed by atoms with Gasteiger partial charge in [0.2, 0.25) is 5.88 Å². The van der Waals surface area contributed by atoms with Gasteiger partial charge in [-0.25, -0.2) is 9.37 Å². The van der Waals surface area contributed by atoms with Crippen molar-refractivity contribution in [1.82, 2.24) is 4.98 Å². The predicted octanol–water partition coefficient (Wildman–Crippen LogP) is 2.02. The summed E-state index contributed by atoms with van der Waals surface area (Å²) in [5, 5.41) is 0. The van der Waals surface area contributed by atoms with E-state index in [1.807, 2.05) is 0 Å². The van der Waals surface area contributed by atoms with E-state index in [1.54, 1.807) is 7.11 Å². The molecule has 0 radical (unpaired) electrons. The van der Waals surface area contributed by atoms with E-state index in [-0.39, 0.29) is 5.88 Å². The van der Waals surface area contributed by atoms with Gasteiger partial charge < -0.3 is 18.9 Å². The minimum Gasteiger partial charge on any atom is -0.475 e. The molecule has 1 aromatic heterocycles. The van der Waals surface area contributed by atoms with Gasteiger partial charge in [-0.15, -0.1) is 11.6 Å². The molecule has 1 rings (SSSR count). The van der Waals surface area contributed by atoms with Crippen LogP contribution in [-0.4, -0.2) is 51.7 Å². The molecular weight excluding hydrogens is 289 g/mol. The fraction of sp³-hybridized carbons (Fsp3) is 0.615. The molecule has 0 saturated heterocycles. The largest absolute Gasteiger partial charge is 0.475 e. The monoisotopic (exact) mass is 307 g/mol. The molecule has 0 aliphatic rings. The number of halogens is 2. The third-order valence-electron chi connectivity index (χ3n) is 2.31. The molecule has 0 unspecified atom stereocenters. The lowest BCUT2D eigenvalue weighted by Crippen LogP contribution is -2.13. The summed E-state index contributed by atoms with van der Waals surface area (Å²) in [4.78, 5) is 3.84. The number of alkyl halides is 1. The SMILES string of the molecule is COCCOCCOCCOc1ncc(F)cc1CCl. The maximum absolute atomic E-state index is 12.9. The van der Waals surface area contributed by atoms with Crippen molar-refractivity contribution in [2.24, 2.45) is 0 Å². The lowest BCUT2D eigenvalue weighted by molar-refractivity contribution is 0.0176. The lowest BCUT2D eigenvalue weighted by atomic mass is 10.3. The van der Waals surface area contributed by atoms with Crippen LogP contribution in [0.15, 0.2) is 12.3 Å². The quantitative estimate of drug-likeness (QED) is 0.462. The van der Waals surface area contributed by atoms with E-state index in [2.05, 4.69) is 4.98 Å². The smallest absolute Gasteiger partial charge is 0.218 e. The molecule has 5 nitrogen and oxygen atoms in total. The lowest BCUT2D eigenvalue weighted by Gasteiger charge is -2.09. The van der Waals surface area contributed by atoms with Crippen molar-refractivity contribution in [3.05, 3.63) is 23.6 Å². The van der Waals surface area contributed by atoms with Gasteiger partial charge in [0.1, 0.15) is 12.4 Å². The molecule has 0 spiro atoms. The molecule has 0 atom stereocenters. The first-order chi connectivity index (χ1) is 9.77. The van der Waals surface area contributed by atoms with E-state index >= 15 is 0 Å². The van der Waals surface area contributed by atoms with Gasteiger partial charge in [0.15, 0.2) is 0 Å². The summed E-state index contributed by atoms with van der Waals surface area (Å²) in [6.07, 6.45) is 1.09. The van der Waals surface area contributed by atoms with Gasteiger partial charge in [-0.05, 0) is 6.07 Å². The van der Waals surface area contributed by atoms with Crippen molar-refractivity contribution in [2.45, 2.75) is 5.88 Å². The highest BCUT2D eigenvalue weighted by Crippen LogP contribution is 2.17. The molecule has 114 valence electrons. The van der Waals surface area contributed by atoms with E-state index in [1.165, 1.54) is 6.07 Å². The summed E-state index contributed by atoms with van der Waals surface area (Å²) in [5.74, 6) is 0.0488. The van der Waals surface area contributed by atoms with Gasteiger partial charge in [-0.3, -0.25) is 0 Å². The minimum absolute atomic E-state index is 0.147. The van der Waals surface area contributed by atoms with Crippen LogP contribution in [0.2, 0.25) is 0 Å². The van der Waals surface area contributed by atoms with Crippen molar-refractivity contribution in [2.75, 3.05) is 46.8 Å². The zero-order chi connectivity index (χ0) is 14.6. The zero-order valence-electron chi connectivity index (χ0n) is 11.4. The summed E-state index contributed by atoms with van der Waals surface area (Å²) in [6, 6.07) is 1.31. The Morgan fingerprint density at radius 2 is 1.75 bits per heavy atom. The molecule has 0 aliphatic heterocycles. The summed E-state index contributed by atoms with van der Waals surface area (Å²) >= 11 is 5.68. The molecule has 1 aromatic rings. The molecule has 0 saturated carbocycles. The third kappa shape index (κ3) is 7.00. The Morgan fingerprint density at radius 3 is 2.40 bits per heavy atom. The average Bonchev–Trinajstić information content (AvgIpc) is 2.46. The number of aromatic nitrogens is 1.